The number of hydrogen-bond donors (Lipinski definition) is 1. The first kappa shape index (κ1) is 36.3. The monoisotopic (exact) mass is 725 g/mol. The van der Waals surface area contributed by atoms with Crippen molar-refractivity contribution in [2.45, 2.75) is 50.7 Å². The standard InChI is InChI=1S/C34H31F8N5O4/c1-32-9-2-10-47(32)46(18-21-4-3-20(27(35)28(21)36)17-45-11-13-51-14-12-45)31(50)26(29(32)48)30(49)44-24-7-6-22(33(37,38)39)15-23(24)19-5-8-25(43-16-19)34(40,41)42/h3-8,15-16,26H,2,9-14,17-18H2,1H3,(H,44,49)/t26?,32-/m1/s1. The van der Waals surface area contributed by atoms with Gasteiger partial charge in [0.15, 0.2) is 23.3 Å². The summed E-state index contributed by atoms with van der Waals surface area (Å²) in [6.45, 7) is 3.25. The molecular weight excluding hydrogens is 694 g/mol. The summed E-state index contributed by atoms with van der Waals surface area (Å²) in [4.78, 5) is 46.8. The van der Waals surface area contributed by atoms with Gasteiger partial charge in [-0.15, -0.1) is 0 Å². The molecule has 0 spiro atoms. The average Bonchev–Trinajstić information content (AvgIpc) is 3.48. The highest BCUT2D eigenvalue weighted by molar-refractivity contribution is 6.24. The molecule has 51 heavy (non-hydrogen) atoms. The third-order valence-electron chi connectivity index (χ3n) is 9.48. The number of aromatic nitrogens is 1. The second-order valence-electron chi connectivity index (χ2n) is 12.8. The van der Waals surface area contributed by atoms with Crippen molar-refractivity contribution >= 4 is 23.3 Å². The summed E-state index contributed by atoms with van der Waals surface area (Å²) in [5, 5.41) is 4.75. The maximum absolute atomic E-state index is 15.5. The van der Waals surface area contributed by atoms with Gasteiger partial charge in [0.2, 0.25) is 5.91 Å². The van der Waals surface area contributed by atoms with Crippen molar-refractivity contribution in [3.05, 3.63) is 82.7 Å². The zero-order valence-corrected chi connectivity index (χ0v) is 27.0. The molecule has 0 bridgehead atoms. The van der Waals surface area contributed by atoms with Gasteiger partial charge in [-0.1, -0.05) is 18.2 Å². The molecule has 3 aliphatic rings. The number of rotatable bonds is 7. The Bertz CT molecular complexity index is 1850. The second kappa shape index (κ2) is 13.6. The lowest BCUT2D eigenvalue weighted by Crippen LogP contribution is -2.68. The molecule has 0 aliphatic carbocycles. The van der Waals surface area contributed by atoms with Gasteiger partial charge < -0.3 is 10.1 Å². The fourth-order valence-corrected chi connectivity index (χ4v) is 6.70. The van der Waals surface area contributed by atoms with E-state index in [0.29, 0.717) is 57.1 Å². The van der Waals surface area contributed by atoms with Crippen molar-refractivity contribution in [2.24, 2.45) is 5.92 Å². The molecule has 9 nitrogen and oxygen atoms in total. The molecule has 2 atom stereocenters. The number of ketones is 1. The van der Waals surface area contributed by atoms with Crippen LogP contribution >= 0.6 is 0 Å². The van der Waals surface area contributed by atoms with Crippen LogP contribution in [0, 0.1) is 17.6 Å². The van der Waals surface area contributed by atoms with Crippen LogP contribution in [0.2, 0.25) is 0 Å². The molecule has 272 valence electrons. The molecule has 1 unspecified atom stereocenters. The summed E-state index contributed by atoms with van der Waals surface area (Å²) in [5.41, 5.74) is -4.98. The number of pyridine rings is 1. The molecule has 3 fully saturated rings. The van der Waals surface area contributed by atoms with Gasteiger partial charge in [-0.05, 0) is 44.0 Å². The summed E-state index contributed by atoms with van der Waals surface area (Å²) in [5.74, 6) is -7.46. The minimum absolute atomic E-state index is 0.0946. The first-order valence-corrected chi connectivity index (χ1v) is 15.9. The van der Waals surface area contributed by atoms with E-state index >= 15 is 8.78 Å². The summed E-state index contributed by atoms with van der Waals surface area (Å²) in [7, 11) is 0. The van der Waals surface area contributed by atoms with Gasteiger partial charge in [0.05, 0.1) is 30.9 Å². The zero-order chi connectivity index (χ0) is 36.9. The number of benzene rings is 2. The van der Waals surface area contributed by atoms with Crippen molar-refractivity contribution in [2.75, 3.05) is 38.2 Å². The Morgan fingerprint density at radius 2 is 1.59 bits per heavy atom. The van der Waals surface area contributed by atoms with Gasteiger partial charge in [0.1, 0.15) is 5.69 Å². The number of hydrogen-bond acceptors (Lipinski definition) is 7. The Morgan fingerprint density at radius 3 is 2.20 bits per heavy atom. The summed E-state index contributed by atoms with van der Waals surface area (Å²) >= 11 is 0. The van der Waals surface area contributed by atoms with Gasteiger partial charge in [-0.25, -0.2) is 13.8 Å². The van der Waals surface area contributed by atoms with E-state index in [0.717, 1.165) is 17.1 Å². The Hall–Kier alpha value is -4.48. The minimum atomic E-state index is -4.87. The fourth-order valence-electron chi connectivity index (χ4n) is 6.70. The van der Waals surface area contributed by atoms with E-state index in [1.165, 1.54) is 24.1 Å². The maximum atomic E-state index is 15.5. The lowest BCUT2D eigenvalue weighted by molar-refractivity contribution is -0.184. The van der Waals surface area contributed by atoms with Gasteiger partial charge >= 0.3 is 12.4 Å². The summed E-state index contributed by atoms with van der Waals surface area (Å²) < 4.78 is 116. The van der Waals surface area contributed by atoms with Crippen LogP contribution < -0.4 is 5.32 Å². The van der Waals surface area contributed by atoms with Crippen molar-refractivity contribution in [3.8, 4) is 11.1 Å². The highest BCUT2D eigenvalue weighted by atomic mass is 19.4. The lowest BCUT2D eigenvalue weighted by atomic mass is 9.82. The molecule has 3 aromatic rings. The van der Waals surface area contributed by atoms with Gasteiger partial charge in [0.25, 0.3) is 5.91 Å². The topological polar surface area (TPSA) is 95.1 Å². The number of fused-ring (bicyclic) bond motifs is 1. The molecular formula is C34H31F8N5O4. The predicted octanol–water partition coefficient (Wildman–Crippen LogP) is 5.83. The fraction of sp³-hybridized carbons (Fsp3) is 0.412. The number of hydrazine groups is 1. The van der Waals surface area contributed by atoms with E-state index in [9.17, 15) is 40.7 Å². The van der Waals surface area contributed by atoms with Crippen LogP contribution in [0.4, 0.5) is 40.8 Å². The zero-order valence-electron chi connectivity index (χ0n) is 27.0. The number of morpholine rings is 1. The van der Waals surface area contributed by atoms with Crippen LogP contribution in [0.1, 0.15) is 42.1 Å². The molecule has 2 aromatic carbocycles. The van der Waals surface area contributed by atoms with E-state index in [-0.39, 0.29) is 47.5 Å². The average molecular weight is 726 g/mol. The quantitative estimate of drug-likeness (QED) is 0.242. The van der Waals surface area contributed by atoms with Crippen molar-refractivity contribution in [1.29, 1.82) is 0 Å². The molecule has 1 aromatic heterocycles. The SMILES string of the molecule is C[C@]12CCCN1N(Cc1ccc(CN3CCOCC3)c(F)c1F)C(=O)C(C(=O)Nc1ccc(C(F)(F)F)cc1-c1ccc(C(F)(F)F)nc1)C2=O. The van der Waals surface area contributed by atoms with Gasteiger partial charge in [-0.3, -0.25) is 29.3 Å². The van der Waals surface area contributed by atoms with E-state index in [2.05, 4.69) is 10.3 Å². The van der Waals surface area contributed by atoms with E-state index < -0.39 is 70.8 Å². The van der Waals surface area contributed by atoms with Crippen LogP contribution in [0.5, 0.6) is 0 Å². The highest BCUT2D eigenvalue weighted by Crippen LogP contribution is 2.41. The first-order valence-electron chi connectivity index (χ1n) is 15.9. The molecule has 2 amide bonds. The number of carbonyl (C=O) groups is 3. The number of nitrogens with one attached hydrogen (secondary N) is 1. The maximum Gasteiger partial charge on any atom is 0.433 e. The van der Waals surface area contributed by atoms with Crippen LogP contribution in [-0.2, 0) is 44.6 Å². The number of alkyl halides is 6. The normalized spacial score (nSPS) is 22.0. The Labute approximate surface area is 286 Å². The third-order valence-corrected chi connectivity index (χ3v) is 9.48. The van der Waals surface area contributed by atoms with Gasteiger partial charge in [0, 0.05) is 60.3 Å². The molecule has 1 N–H and O–H groups in total. The van der Waals surface area contributed by atoms with Crippen LogP contribution in [0.25, 0.3) is 11.1 Å². The third kappa shape index (κ3) is 7.06. The second-order valence-corrected chi connectivity index (χ2v) is 12.8. The van der Waals surface area contributed by atoms with Crippen LogP contribution in [0.15, 0.2) is 48.7 Å². The number of nitrogens with zero attached hydrogens (tertiary/aromatic N) is 4. The molecule has 0 saturated carbocycles. The molecule has 0 radical (unpaired) electrons. The van der Waals surface area contributed by atoms with Crippen LogP contribution in [0.3, 0.4) is 0 Å². The molecule has 3 saturated heterocycles. The predicted molar refractivity (Wildman–Crippen MR) is 164 cm³/mol. The minimum Gasteiger partial charge on any atom is -0.379 e. The Morgan fingerprint density at radius 1 is 0.922 bits per heavy atom. The number of carbonyl (C=O) groups excluding carboxylic acids is 3. The highest BCUT2D eigenvalue weighted by Gasteiger charge is 2.58. The van der Waals surface area contributed by atoms with Crippen molar-refractivity contribution in [1.82, 2.24) is 19.9 Å². The number of halogens is 8. The smallest absolute Gasteiger partial charge is 0.379 e. The van der Waals surface area contributed by atoms with E-state index in [1.807, 2.05) is 4.90 Å². The van der Waals surface area contributed by atoms with E-state index in [4.69, 9.17) is 4.74 Å². The Kier molecular flexibility index (Phi) is 9.67. The molecule has 4 heterocycles. The Balaban J connectivity index is 1.30. The number of Topliss-reactive ketones (excluding diaryl/α,β-unsaturated/α-hetero) is 1. The summed E-state index contributed by atoms with van der Waals surface area (Å²) in [6.07, 6.45) is -8.40. The van der Waals surface area contributed by atoms with Gasteiger partial charge in [-0.2, -0.15) is 26.3 Å². The van der Waals surface area contributed by atoms with Crippen molar-refractivity contribution < 1.29 is 54.2 Å². The first-order chi connectivity index (χ1) is 24.0. The molecule has 17 heteroatoms. The summed E-state index contributed by atoms with van der Waals surface area (Å²) in [6, 6.07) is 6.22. The van der Waals surface area contributed by atoms with Crippen molar-refractivity contribution in [3.63, 3.8) is 0 Å². The van der Waals surface area contributed by atoms with Crippen LogP contribution in [-0.4, -0.2) is 75.9 Å². The molecule has 6 rings (SSSR count). The number of anilines is 1. The lowest BCUT2D eigenvalue weighted by Gasteiger charge is -2.47. The van der Waals surface area contributed by atoms with E-state index in [1.54, 1.807) is 0 Å². The largest absolute Gasteiger partial charge is 0.433 e. The number of ether oxygens (including phenoxy) is 1. The molecule has 3 aliphatic heterocycles. The number of amides is 2.